The van der Waals surface area contributed by atoms with Gasteiger partial charge in [-0.1, -0.05) is 19.8 Å². The van der Waals surface area contributed by atoms with Gasteiger partial charge in [-0.05, 0) is 57.4 Å². The van der Waals surface area contributed by atoms with Gasteiger partial charge in [0.25, 0.3) is 0 Å². The van der Waals surface area contributed by atoms with E-state index in [0.29, 0.717) is 19.0 Å². The molecule has 0 aromatic carbocycles. The Balaban J connectivity index is 1.61. The van der Waals surface area contributed by atoms with Crippen molar-refractivity contribution in [1.29, 1.82) is 0 Å². The zero-order valence-electron chi connectivity index (χ0n) is 13.5. The maximum atomic E-state index is 11.9. The summed E-state index contributed by atoms with van der Waals surface area (Å²) in [6.45, 7) is 3.74. The molecule has 0 aromatic rings. The lowest BCUT2D eigenvalue weighted by Gasteiger charge is -2.35. The molecule has 4 nitrogen and oxygen atoms in total. The standard InChI is InChI=1S/C17H32N2O2/c1-2-14-8-10-17(21,11-9-14)13-19-16(20)7-6-15-5-3-4-12-18-15/h14-15,18,21H,2-13H2,1H3,(H,19,20). The van der Waals surface area contributed by atoms with Gasteiger partial charge in [0.05, 0.1) is 5.60 Å². The van der Waals surface area contributed by atoms with Crippen LogP contribution in [0, 0.1) is 5.92 Å². The fourth-order valence-corrected chi connectivity index (χ4v) is 3.63. The van der Waals surface area contributed by atoms with E-state index in [1.807, 2.05) is 0 Å². The topological polar surface area (TPSA) is 61.4 Å². The SMILES string of the molecule is CCC1CCC(O)(CNC(=O)CCC2CCCCN2)CC1. The Morgan fingerprint density at radius 3 is 2.67 bits per heavy atom. The number of nitrogens with one attached hydrogen (secondary N) is 2. The third-order valence-electron chi connectivity index (χ3n) is 5.36. The molecule has 21 heavy (non-hydrogen) atoms. The van der Waals surface area contributed by atoms with E-state index in [9.17, 15) is 9.90 Å². The first-order valence-corrected chi connectivity index (χ1v) is 8.84. The van der Waals surface area contributed by atoms with Crippen molar-refractivity contribution in [2.45, 2.75) is 82.8 Å². The summed E-state index contributed by atoms with van der Waals surface area (Å²) >= 11 is 0. The van der Waals surface area contributed by atoms with Gasteiger partial charge in [0.1, 0.15) is 0 Å². The van der Waals surface area contributed by atoms with Crippen LogP contribution in [-0.2, 0) is 4.79 Å². The molecule has 3 N–H and O–H groups in total. The van der Waals surface area contributed by atoms with Crippen LogP contribution in [0.3, 0.4) is 0 Å². The summed E-state index contributed by atoms with van der Waals surface area (Å²) in [6.07, 6.45) is 10.3. The Bertz CT molecular complexity index is 319. The fourth-order valence-electron chi connectivity index (χ4n) is 3.63. The van der Waals surface area contributed by atoms with E-state index in [-0.39, 0.29) is 5.91 Å². The summed E-state index contributed by atoms with van der Waals surface area (Å²) in [5, 5.41) is 16.9. The van der Waals surface area contributed by atoms with Crippen LogP contribution in [0.15, 0.2) is 0 Å². The monoisotopic (exact) mass is 296 g/mol. The van der Waals surface area contributed by atoms with Crippen LogP contribution < -0.4 is 10.6 Å². The second-order valence-electron chi connectivity index (χ2n) is 7.04. The Morgan fingerprint density at radius 1 is 1.29 bits per heavy atom. The molecule has 1 atom stereocenters. The molecule has 0 bridgehead atoms. The maximum absolute atomic E-state index is 11.9. The van der Waals surface area contributed by atoms with Crippen molar-refractivity contribution in [3.8, 4) is 0 Å². The average molecular weight is 296 g/mol. The lowest BCUT2D eigenvalue weighted by Crippen LogP contribution is -2.45. The van der Waals surface area contributed by atoms with Gasteiger partial charge in [0.15, 0.2) is 0 Å². The van der Waals surface area contributed by atoms with Gasteiger partial charge < -0.3 is 15.7 Å². The molecule has 1 aliphatic heterocycles. The van der Waals surface area contributed by atoms with Gasteiger partial charge in [-0.25, -0.2) is 0 Å². The van der Waals surface area contributed by atoms with Crippen molar-refractivity contribution in [3.63, 3.8) is 0 Å². The molecule has 2 aliphatic rings. The van der Waals surface area contributed by atoms with Crippen LogP contribution in [0.4, 0.5) is 0 Å². The van der Waals surface area contributed by atoms with Crippen molar-refractivity contribution < 1.29 is 9.90 Å². The molecule has 4 heteroatoms. The average Bonchev–Trinajstić information content (AvgIpc) is 2.53. The van der Waals surface area contributed by atoms with Crippen LogP contribution in [0.5, 0.6) is 0 Å². The molecule has 1 aliphatic carbocycles. The summed E-state index contributed by atoms with van der Waals surface area (Å²) in [5.74, 6) is 0.853. The van der Waals surface area contributed by atoms with E-state index in [2.05, 4.69) is 17.6 Å². The van der Waals surface area contributed by atoms with Crippen LogP contribution in [0.25, 0.3) is 0 Å². The van der Waals surface area contributed by atoms with Crippen LogP contribution in [0.2, 0.25) is 0 Å². The molecule has 122 valence electrons. The van der Waals surface area contributed by atoms with E-state index in [1.165, 1.54) is 25.7 Å². The predicted octanol–water partition coefficient (Wildman–Crippen LogP) is 2.36. The van der Waals surface area contributed by atoms with E-state index >= 15 is 0 Å². The number of carbonyl (C=O) groups excluding carboxylic acids is 1. The van der Waals surface area contributed by atoms with Gasteiger partial charge >= 0.3 is 0 Å². The molecule has 0 spiro atoms. The Hall–Kier alpha value is -0.610. The second kappa shape index (κ2) is 8.14. The third-order valence-corrected chi connectivity index (χ3v) is 5.36. The molecule has 1 unspecified atom stereocenters. The maximum Gasteiger partial charge on any atom is 0.220 e. The van der Waals surface area contributed by atoms with Gasteiger partial charge in [-0.15, -0.1) is 0 Å². The molecular weight excluding hydrogens is 264 g/mol. The summed E-state index contributed by atoms with van der Waals surface area (Å²) in [5.41, 5.74) is -0.662. The Morgan fingerprint density at radius 2 is 2.05 bits per heavy atom. The second-order valence-corrected chi connectivity index (χ2v) is 7.04. The van der Waals surface area contributed by atoms with Crippen LogP contribution >= 0.6 is 0 Å². The number of carbonyl (C=O) groups is 1. The number of aliphatic hydroxyl groups is 1. The molecule has 2 rings (SSSR count). The summed E-state index contributed by atoms with van der Waals surface area (Å²) < 4.78 is 0. The molecule has 0 radical (unpaired) electrons. The van der Waals surface area contributed by atoms with Gasteiger partial charge in [-0.3, -0.25) is 4.79 Å². The highest BCUT2D eigenvalue weighted by molar-refractivity contribution is 5.75. The first kappa shape index (κ1) is 16.8. The zero-order valence-corrected chi connectivity index (χ0v) is 13.5. The molecule has 0 aromatic heterocycles. The highest BCUT2D eigenvalue weighted by atomic mass is 16.3. The molecule has 1 amide bonds. The molecule has 1 saturated heterocycles. The molecule has 2 fully saturated rings. The number of amides is 1. The summed E-state index contributed by atoms with van der Waals surface area (Å²) in [4.78, 5) is 11.9. The van der Waals surface area contributed by atoms with Gasteiger partial charge in [0, 0.05) is 19.0 Å². The largest absolute Gasteiger partial charge is 0.388 e. The smallest absolute Gasteiger partial charge is 0.220 e. The van der Waals surface area contributed by atoms with Crippen molar-refractivity contribution in [2.24, 2.45) is 5.92 Å². The summed E-state index contributed by atoms with van der Waals surface area (Å²) in [7, 11) is 0. The molecule has 1 saturated carbocycles. The zero-order chi connectivity index (χ0) is 15.1. The Kier molecular flexibility index (Phi) is 6.49. The number of hydrogen-bond acceptors (Lipinski definition) is 3. The van der Waals surface area contributed by atoms with Crippen molar-refractivity contribution in [1.82, 2.24) is 10.6 Å². The highest BCUT2D eigenvalue weighted by Crippen LogP contribution is 2.33. The van der Waals surface area contributed by atoms with Gasteiger partial charge in [0.2, 0.25) is 5.91 Å². The van der Waals surface area contributed by atoms with Crippen molar-refractivity contribution >= 4 is 5.91 Å². The lowest BCUT2D eigenvalue weighted by atomic mass is 9.78. The van der Waals surface area contributed by atoms with E-state index in [1.54, 1.807) is 0 Å². The van der Waals surface area contributed by atoms with Crippen molar-refractivity contribution in [3.05, 3.63) is 0 Å². The lowest BCUT2D eigenvalue weighted by molar-refractivity contribution is -0.123. The first-order chi connectivity index (χ1) is 10.1. The first-order valence-electron chi connectivity index (χ1n) is 8.84. The third kappa shape index (κ3) is 5.59. The minimum absolute atomic E-state index is 0.0911. The quantitative estimate of drug-likeness (QED) is 0.705. The van der Waals surface area contributed by atoms with E-state index in [4.69, 9.17) is 0 Å². The number of hydrogen-bond donors (Lipinski definition) is 3. The minimum atomic E-state index is -0.662. The van der Waals surface area contributed by atoms with Crippen molar-refractivity contribution in [2.75, 3.05) is 13.1 Å². The normalized spacial score (nSPS) is 33.6. The molecular formula is C17H32N2O2. The fraction of sp³-hybridized carbons (Fsp3) is 0.941. The summed E-state index contributed by atoms with van der Waals surface area (Å²) in [6, 6.07) is 0.507. The van der Waals surface area contributed by atoms with Crippen LogP contribution in [-0.4, -0.2) is 35.7 Å². The predicted molar refractivity (Wildman–Crippen MR) is 85.1 cm³/mol. The minimum Gasteiger partial charge on any atom is -0.388 e. The van der Waals surface area contributed by atoms with Gasteiger partial charge in [-0.2, -0.15) is 0 Å². The number of piperidine rings is 1. The number of rotatable bonds is 6. The van der Waals surface area contributed by atoms with E-state index in [0.717, 1.165) is 44.6 Å². The highest BCUT2D eigenvalue weighted by Gasteiger charge is 2.32. The van der Waals surface area contributed by atoms with E-state index < -0.39 is 5.60 Å². The van der Waals surface area contributed by atoms with Crippen LogP contribution in [0.1, 0.15) is 71.1 Å². The molecule has 1 heterocycles. The Labute approximate surface area is 129 Å².